The monoisotopic (exact) mass is 396 g/mol. The second kappa shape index (κ2) is 8.80. The average Bonchev–Trinajstić information content (AvgIpc) is 3.35. The molecule has 1 fully saturated rings. The third kappa shape index (κ3) is 4.82. The summed E-state index contributed by atoms with van der Waals surface area (Å²) in [6.07, 6.45) is 3.13. The van der Waals surface area contributed by atoms with E-state index in [9.17, 15) is 9.59 Å². The van der Waals surface area contributed by atoms with Crippen molar-refractivity contribution in [2.24, 2.45) is 4.99 Å². The fourth-order valence-electron chi connectivity index (χ4n) is 2.14. The van der Waals surface area contributed by atoms with Gasteiger partial charge in [-0.3, -0.25) is 14.8 Å². The van der Waals surface area contributed by atoms with Crippen molar-refractivity contribution in [2.75, 3.05) is 26.3 Å². The van der Waals surface area contributed by atoms with Crippen LogP contribution in [0.5, 0.6) is 0 Å². The molecule has 26 heavy (non-hydrogen) atoms. The molecular weight excluding hydrogens is 380 g/mol. The molecule has 2 aliphatic rings. The second-order valence-corrected chi connectivity index (χ2v) is 6.81. The van der Waals surface area contributed by atoms with Crippen molar-refractivity contribution in [1.29, 1.82) is 0 Å². The number of H-pyrrole nitrogens is 1. The van der Waals surface area contributed by atoms with Crippen LogP contribution in [-0.2, 0) is 9.53 Å². The highest BCUT2D eigenvalue weighted by Gasteiger charge is 2.18. The predicted octanol–water partition coefficient (Wildman–Crippen LogP) is -0.0463. The number of nitrogens with zero attached hydrogens (tertiary/aromatic N) is 3. The largest absolute Gasteiger partial charge is 0.478 e. The van der Waals surface area contributed by atoms with Gasteiger partial charge >= 0.3 is 10.8 Å². The molecule has 138 valence electrons. The molecule has 4 heterocycles. The standard InChI is InChI=1S/C8H7N3O2S.C6H9N3O2S/c12-8(13)5-3-10-6(11-4-5)7-9-1-2-14-7;10-6-8-5(9-12-6)4-3-11-2-1-7-4/h1-3H,4H2,(H,10,11)(H,12,13);4,7H,1-3H2,(H,8,9,10)/t;4-/m.0/s1. The van der Waals surface area contributed by atoms with Crippen molar-refractivity contribution in [3.8, 4) is 0 Å². The number of ether oxygens (including phenoxy) is 1. The molecule has 0 bridgehead atoms. The third-order valence-electron chi connectivity index (χ3n) is 3.41. The van der Waals surface area contributed by atoms with E-state index in [1.165, 1.54) is 17.5 Å². The van der Waals surface area contributed by atoms with Crippen molar-refractivity contribution in [3.63, 3.8) is 0 Å². The minimum atomic E-state index is -0.945. The summed E-state index contributed by atoms with van der Waals surface area (Å²) in [6, 6.07) is 0.0534. The number of nitrogens with one attached hydrogen (secondary N) is 3. The second-order valence-electron chi connectivity index (χ2n) is 5.18. The zero-order chi connectivity index (χ0) is 18.4. The SMILES string of the molecule is O=C(O)C1=CNC(c2nccs2)=NC1.O=c1[nH]c([C@@H]2COCCN2)ns1. The first-order valence-corrected chi connectivity index (χ1v) is 9.29. The maximum atomic E-state index is 10.8. The maximum absolute atomic E-state index is 10.8. The molecule has 10 nitrogen and oxygen atoms in total. The van der Waals surface area contributed by atoms with Gasteiger partial charge in [0.2, 0.25) is 0 Å². The number of carbonyl (C=O) groups is 1. The van der Waals surface area contributed by atoms with E-state index >= 15 is 0 Å². The summed E-state index contributed by atoms with van der Waals surface area (Å²) in [5.41, 5.74) is 0.255. The van der Waals surface area contributed by atoms with E-state index in [-0.39, 0.29) is 23.0 Å². The molecule has 0 aliphatic carbocycles. The first-order valence-electron chi connectivity index (χ1n) is 7.63. The summed E-state index contributed by atoms with van der Waals surface area (Å²) in [5, 5.41) is 17.3. The fraction of sp³-hybridized carbons (Fsp3) is 0.357. The van der Waals surface area contributed by atoms with Gasteiger partial charge in [-0.25, -0.2) is 9.78 Å². The number of aliphatic imine (C=N–C) groups is 1. The van der Waals surface area contributed by atoms with Crippen LogP contribution in [-0.4, -0.2) is 57.6 Å². The Morgan fingerprint density at radius 2 is 2.31 bits per heavy atom. The number of hydrogen-bond acceptors (Lipinski definition) is 10. The lowest BCUT2D eigenvalue weighted by molar-refractivity contribution is -0.132. The van der Waals surface area contributed by atoms with E-state index in [1.54, 1.807) is 6.20 Å². The molecule has 2 aliphatic heterocycles. The summed E-state index contributed by atoms with van der Waals surface area (Å²) < 4.78 is 9.20. The maximum Gasteiger partial charge on any atom is 0.334 e. The highest BCUT2D eigenvalue weighted by atomic mass is 32.1. The Labute approximate surface area is 155 Å². The Kier molecular flexibility index (Phi) is 6.22. The van der Waals surface area contributed by atoms with E-state index in [4.69, 9.17) is 9.84 Å². The predicted molar refractivity (Wildman–Crippen MR) is 96.7 cm³/mol. The van der Waals surface area contributed by atoms with Crippen LogP contribution >= 0.6 is 22.9 Å². The average molecular weight is 396 g/mol. The fourth-order valence-corrected chi connectivity index (χ4v) is 3.25. The first-order chi connectivity index (χ1) is 12.6. The summed E-state index contributed by atoms with van der Waals surface area (Å²) >= 11 is 2.40. The molecule has 12 heteroatoms. The topological polar surface area (TPSA) is 142 Å². The Morgan fingerprint density at radius 1 is 1.42 bits per heavy atom. The minimum Gasteiger partial charge on any atom is -0.478 e. The number of thiazole rings is 1. The molecule has 0 amide bonds. The molecule has 2 aromatic rings. The van der Waals surface area contributed by atoms with Crippen LogP contribution in [0.25, 0.3) is 0 Å². The van der Waals surface area contributed by atoms with Crippen LogP contribution in [0.3, 0.4) is 0 Å². The molecular formula is C14H16N6O4S2. The van der Waals surface area contributed by atoms with E-state index < -0.39 is 5.97 Å². The molecule has 0 spiro atoms. The Morgan fingerprint density at radius 3 is 2.85 bits per heavy atom. The van der Waals surface area contributed by atoms with Crippen LogP contribution < -0.4 is 15.5 Å². The van der Waals surface area contributed by atoms with Gasteiger partial charge in [0.1, 0.15) is 5.82 Å². The van der Waals surface area contributed by atoms with Gasteiger partial charge in [-0.1, -0.05) is 0 Å². The van der Waals surface area contributed by atoms with Crippen LogP contribution in [0.15, 0.2) is 33.1 Å². The van der Waals surface area contributed by atoms with Crippen molar-refractivity contribution in [3.05, 3.63) is 43.8 Å². The van der Waals surface area contributed by atoms with E-state index in [0.29, 0.717) is 18.3 Å². The lowest BCUT2D eigenvalue weighted by atomic mass is 10.2. The highest BCUT2D eigenvalue weighted by molar-refractivity contribution is 7.11. The summed E-state index contributed by atoms with van der Waals surface area (Å²) in [7, 11) is 0. The molecule has 2 aromatic heterocycles. The van der Waals surface area contributed by atoms with Gasteiger partial charge in [-0.05, 0) is 0 Å². The van der Waals surface area contributed by atoms with Gasteiger partial charge in [0, 0.05) is 35.9 Å². The number of morpholine rings is 1. The lowest BCUT2D eigenvalue weighted by Crippen LogP contribution is -2.35. The molecule has 1 saturated heterocycles. The van der Waals surface area contributed by atoms with Gasteiger partial charge in [0.05, 0.1) is 31.4 Å². The molecule has 1 atom stereocenters. The number of rotatable bonds is 3. The van der Waals surface area contributed by atoms with Crippen molar-refractivity contribution in [2.45, 2.75) is 6.04 Å². The van der Waals surface area contributed by atoms with Gasteiger partial charge in [0.15, 0.2) is 10.8 Å². The Bertz CT molecular complexity index is 851. The summed E-state index contributed by atoms with van der Waals surface area (Å²) in [5.74, 6) is 0.370. The number of aromatic nitrogens is 3. The number of amidine groups is 1. The zero-order valence-corrected chi connectivity index (χ0v) is 15.1. The number of aromatic amines is 1. The number of carboxylic acid groups (broad SMARTS) is 1. The molecule has 0 saturated carbocycles. The Balaban J connectivity index is 0.000000152. The van der Waals surface area contributed by atoms with E-state index in [2.05, 4.69) is 30.0 Å². The lowest BCUT2D eigenvalue weighted by Gasteiger charge is -2.21. The van der Waals surface area contributed by atoms with Gasteiger partial charge in [0.25, 0.3) is 0 Å². The summed E-state index contributed by atoms with van der Waals surface area (Å²) in [6.45, 7) is 2.31. The van der Waals surface area contributed by atoms with E-state index in [0.717, 1.165) is 29.7 Å². The normalized spacial score (nSPS) is 19.5. The van der Waals surface area contributed by atoms with Crippen LogP contribution in [0.1, 0.15) is 16.9 Å². The number of aliphatic carboxylic acids is 1. The van der Waals surface area contributed by atoms with Crippen LogP contribution in [0, 0.1) is 0 Å². The molecule has 0 unspecified atom stereocenters. The van der Waals surface area contributed by atoms with Crippen molar-refractivity contribution >= 4 is 34.7 Å². The quantitative estimate of drug-likeness (QED) is 0.566. The van der Waals surface area contributed by atoms with Gasteiger partial charge in [-0.2, -0.15) is 4.37 Å². The smallest absolute Gasteiger partial charge is 0.334 e. The minimum absolute atomic E-state index is 0.0534. The van der Waals surface area contributed by atoms with Crippen LogP contribution in [0.4, 0.5) is 0 Å². The Hall–Kier alpha value is -2.41. The number of hydrogen-bond donors (Lipinski definition) is 4. The summed E-state index contributed by atoms with van der Waals surface area (Å²) in [4.78, 5) is 32.0. The molecule has 0 aromatic carbocycles. The number of carboxylic acids is 1. The van der Waals surface area contributed by atoms with Crippen LogP contribution in [0.2, 0.25) is 0 Å². The first kappa shape index (κ1) is 18.4. The highest BCUT2D eigenvalue weighted by Crippen LogP contribution is 2.10. The van der Waals surface area contributed by atoms with Crippen molar-refractivity contribution in [1.82, 2.24) is 25.0 Å². The molecule has 4 N–H and O–H groups in total. The molecule has 0 radical (unpaired) electrons. The molecule has 4 rings (SSSR count). The third-order valence-corrected chi connectivity index (χ3v) is 4.74. The zero-order valence-electron chi connectivity index (χ0n) is 13.5. The van der Waals surface area contributed by atoms with Gasteiger partial charge in [-0.15, -0.1) is 11.3 Å². The van der Waals surface area contributed by atoms with Crippen molar-refractivity contribution < 1.29 is 14.6 Å². The van der Waals surface area contributed by atoms with Gasteiger partial charge < -0.3 is 20.5 Å². The van der Waals surface area contributed by atoms with E-state index in [1.807, 2.05) is 5.38 Å².